The van der Waals surface area contributed by atoms with Gasteiger partial charge in [-0.3, -0.25) is 0 Å². The molecule has 0 radical (unpaired) electrons. The highest BCUT2D eigenvalue weighted by Crippen LogP contribution is 2.29. The number of hydrogen-bond acceptors (Lipinski definition) is 5. The minimum Gasteiger partial charge on any atom is -0.496 e. The lowest BCUT2D eigenvalue weighted by atomic mass is 10.1. The maximum absolute atomic E-state index is 11.8. The number of benzene rings is 1. The van der Waals surface area contributed by atoms with E-state index in [1.54, 1.807) is 18.2 Å². The Morgan fingerprint density at radius 3 is 2.24 bits per heavy atom. The molecule has 0 unspecified atom stereocenters. The molecule has 1 rings (SSSR count). The molecular weight excluding hydrogens is 222 g/mol. The van der Waals surface area contributed by atoms with Crippen molar-refractivity contribution in [3.05, 3.63) is 23.8 Å². The lowest BCUT2D eigenvalue weighted by molar-refractivity contribution is 0.0428. The second kappa shape index (κ2) is 5.75. The van der Waals surface area contributed by atoms with Gasteiger partial charge in [0.05, 0.1) is 14.2 Å². The van der Waals surface area contributed by atoms with Crippen LogP contribution in [-0.4, -0.2) is 26.3 Å². The fourth-order valence-electron chi connectivity index (χ4n) is 1.30. The summed E-state index contributed by atoms with van der Waals surface area (Å²) in [4.78, 5) is 11.8. The number of nitrogens with zero attached hydrogens (tertiary/aromatic N) is 1. The number of carbonyl (C=O) groups is 1. The van der Waals surface area contributed by atoms with Crippen molar-refractivity contribution < 1.29 is 19.0 Å². The van der Waals surface area contributed by atoms with Gasteiger partial charge in [-0.15, -0.1) is 0 Å². The van der Waals surface area contributed by atoms with Crippen LogP contribution in [0, 0.1) is 11.3 Å². The van der Waals surface area contributed by atoms with Crippen molar-refractivity contribution in [3.63, 3.8) is 0 Å². The first kappa shape index (κ1) is 12.8. The van der Waals surface area contributed by atoms with E-state index in [2.05, 4.69) is 0 Å². The molecule has 90 valence electrons. The normalized spacial score (nSPS) is 11.2. The molecule has 5 heteroatoms. The van der Waals surface area contributed by atoms with E-state index in [4.69, 9.17) is 19.5 Å². The zero-order valence-corrected chi connectivity index (χ0v) is 9.89. The van der Waals surface area contributed by atoms with Gasteiger partial charge in [-0.05, 0) is 19.1 Å². The van der Waals surface area contributed by atoms with Crippen molar-refractivity contribution in [1.82, 2.24) is 0 Å². The second-order valence-electron chi connectivity index (χ2n) is 3.21. The summed E-state index contributed by atoms with van der Waals surface area (Å²) >= 11 is 0. The molecule has 0 aliphatic carbocycles. The predicted molar refractivity (Wildman–Crippen MR) is 60.0 cm³/mol. The third-order valence-corrected chi connectivity index (χ3v) is 2.10. The average molecular weight is 235 g/mol. The van der Waals surface area contributed by atoms with Gasteiger partial charge in [-0.1, -0.05) is 6.07 Å². The van der Waals surface area contributed by atoms with Gasteiger partial charge in [-0.2, -0.15) is 5.26 Å². The van der Waals surface area contributed by atoms with Crippen LogP contribution < -0.4 is 9.47 Å². The highest BCUT2D eigenvalue weighted by molar-refractivity contribution is 5.95. The summed E-state index contributed by atoms with van der Waals surface area (Å²) in [6.45, 7) is 1.49. The molecule has 0 bridgehead atoms. The van der Waals surface area contributed by atoms with Crippen LogP contribution >= 0.6 is 0 Å². The fourth-order valence-corrected chi connectivity index (χ4v) is 1.30. The first-order chi connectivity index (χ1) is 8.13. The number of methoxy groups -OCH3 is 2. The van der Waals surface area contributed by atoms with E-state index in [0.29, 0.717) is 11.5 Å². The maximum Gasteiger partial charge on any atom is 0.347 e. The molecule has 0 N–H and O–H groups in total. The van der Waals surface area contributed by atoms with E-state index in [1.165, 1.54) is 21.1 Å². The summed E-state index contributed by atoms with van der Waals surface area (Å²) in [5.41, 5.74) is 0.180. The number of ether oxygens (including phenoxy) is 3. The number of rotatable bonds is 4. The number of nitriles is 1. The smallest absolute Gasteiger partial charge is 0.347 e. The third-order valence-electron chi connectivity index (χ3n) is 2.10. The molecule has 17 heavy (non-hydrogen) atoms. The first-order valence-corrected chi connectivity index (χ1v) is 4.95. The average Bonchev–Trinajstić information content (AvgIpc) is 2.37. The van der Waals surface area contributed by atoms with Gasteiger partial charge < -0.3 is 14.2 Å². The Morgan fingerprint density at radius 2 is 1.82 bits per heavy atom. The van der Waals surface area contributed by atoms with Crippen LogP contribution in [0.25, 0.3) is 0 Å². The second-order valence-corrected chi connectivity index (χ2v) is 3.21. The zero-order valence-electron chi connectivity index (χ0n) is 9.89. The highest BCUT2D eigenvalue weighted by atomic mass is 16.5. The summed E-state index contributed by atoms with van der Waals surface area (Å²) in [6, 6.07) is 6.75. The van der Waals surface area contributed by atoms with Crippen LogP contribution in [-0.2, 0) is 4.74 Å². The molecule has 0 spiro atoms. The van der Waals surface area contributed by atoms with E-state index in [-0.39, 0.29) is 5.56 Å². The minimum atomic E-state index is -0.822. The number of carbonyl (C=O) groups excluding carboxylic acids is 1. The van der Waals surface area contributed by atoms with Crippen LogP contribution in [0.5, 0.6) is 11.5 Å². The summed E-state index contributed by atoms with van der Waals surface area (Å²) in [5, 5.41) is 8.59. The number of esters is 1. The van der Waals surface area contributed by atoms with E-state index in [0.717, 1.165) is 0 Å². The van der Waals surface area contributed by atoms with Gasteiger partial charge in [0, 0.05) is 0 Å². The lowest BCUT2D eigenvalue weighted by Gasteiger charge is -2.12. The maximum atomic E-state index is 11.8. The summed E-state index contributed by atoms with van der Waals surface area (Å²) in [6.07, 6.45) is -0.822. The van der Waals surface area contributed by atoms with Gasteiger partial charge in [0.1, 0.15) is 23.1 Å². The lowest BCUT2D eigenvalue weighted by Crippen LogP contribution is -2.15. The van der Waals surface area contributed by atoms with Crippen LogP contribution in [0.2, 0.25) is 0 Å². The van der Waals surface area contributed by atoms with E-state index in [9.17, 15) is 4.79 Å². The predicted octanol–water partition coefficient (Wildman–Crippen LogP) is 1.77. The molecule has 0 aliphatic heterocycles. The fraction of sp³-hybridized carbons (Fsp3) is 0.333. The summed E-state index contributed by atoms with van der Waals surface area (Å²) < 4.78 is 15.0. The molecule has 0 saturated heterocycles. The molecule has 0 saturated carbocycles. The third kappa shape index (κ3) is 2.88. The Kier molecular flexibility index (Phi) is 4.35. The Labute approximate surface area is 99.5 Å². The number of hydrogen-bond donors (Lipinski definition) is 0. The van der Waals surface area contributed by atoms with Gasteiger partial charge >= 0.3 is 5.97 Å². The standard InChI is InChI=1S/C12H13NO4/c1-8(7-13)17-12(14)11-9(15-2)5-4-6-10(11)16-3/h4-6,8H,1-3H3/t8-/m1/s1. The Bertz CT molecular complexity index is 428. The molecular formula is C12H13NO4. The minimum absolute atomic E-state index is 0.180. The van der Waals surface area contributed by atoms with Gasteiger partial charge in [-0.25, -0.2) is 4.79 Å². The van der Waals surface area contributed by atoms with Crippen LogP contribution in [0.1, 0.15) is 17.3 Å². The Balaban J connectivity index is 3.10. The molecule has 0 fully saturated rings. The quantitative estimate of drug-likeness (QED) is 0.744. The molecule has 0 heterocycles. The topological polar surface area (TPSA) is 68.6 Å². The molecule has 0 aliphatic rings. The van der Waals surface area contributed by atoms with Crippen molar-refractivity contribution in [2.75, 3.05) is 14.2 Å². The van der Waals surface area contributed by atoms with E-state index >= 15 is 0 Å². The Morgan fingerprint density at radius 1 is 1.29 bits per heavy atom. The van der Waals surface area contributed by atoms with Crippen molar-refractivity contribution in [1.29, 1.82) is 5.26 Å². The van der Waals surface area contributed by atoms with Crippen LogP contribution in [0.15, 0.2) is 18.2 Å². The van der Waals surface area contributed by atoms with E-state index < -0.39 is 12.1 Å². The molecule has 0 aromatic heterocycles. The molecule has 0 amide bonds. The van der Waals surface area contributed by atoms with Gasteiger partial charge in [0.25, 0.3) is 0 Å². The Hall–Kier alpha value is -2.22. The summed E-state index contributed by atoms with van der Waals surface area (Å²) in [5.74, 6) is 0.0485. The molecule has 5 nitrogen and oxygen atoms in total. The van der Waals surface area contributed by atoms with Gasteiger partial charge in [0.2, 0.25) is 0 Å². The van der Waals surface area contributed by atoms with Crippen molar-refractivity contribution >= 4 is 5.97 Å². The molecule has 1 atom stereocenters. The molecule has 1 aromatic carbocycles. The highest BCUT2D eigenvalue weighted by Gasteiger charge is 2.21. The SMILES string of the molecule is COc1cccc(OC)c1C(=O)O[C@H](C)C#N. The van der Waals surface area contributed by atoms with Crippen LogP contribution in [0.3, 0.4) is 0 Å². The first-order valence-electron chi connectivity index (χ1n) is 4.95. The summed E-state index contributed by atoms with van der Waals surface area (Å²) in [7, 11) is 2.89. The van der Waals surface area contributed by atoms with Crippen LogP contribution in [0.4, 0.5) is 0 Å². The van der Waals surface area contributed by atoms with Crippen molar-refractivity contribution in [3.8, 4) is 17.6 Å². The molecule has 1 aromatic rings. The zero-order chi connectivity index (χ0) is 12.8. The monoisotopic (exact) mass is 235 g/mol. The largest absolute Gasteiger partial charge is 0.496 e. The van der Waals surface area contributed by atoms with Crippen molar-refractivity contribution in [2.24, 2.45) is 0 Å². The van der Waals surface area contributed by atoms with Crippen molar-refractivity contribution in [2.45, 2.75) is 13.0 Å². The van der Waals surface area contributed by atoms with Gasteiger partial charge in [0.15, 0.2) is 6.10 Å². The van der Waals surface area contributed by atoms with E-state index in [1.807, 2.05) is 6.07 Å².